The van der Waals surface area contributed by atoms with Crippen LogP contribution in [0.2, 0.25) is 0 Å². The molecule has 3 fully saturated rings. The van der Waals surface area contributed by atoms with Crippen molar-refractivity contribution in [3.05, 3.63) is 33.4 Å². The van der Waals surface area contributed by atoms with Crippen LogP contribution in [0.3, 0.4) is 0 Å². The predicted octanol–water partition coefficient (Wildman–Crippen LogP) is 5.15. The smallest absolute Gasteiger partial charge is 0.293 e. The molecule has 2 bridgehead atoms. The molecule has 0 radical (unpaired) electrons. The Balaban J connectivity index is 1.54. The van der Waals surface area contributed by atoms with Crippen molar-refractivity contribution in [2.24, 2.45) is 17.8 Å². The fourth-order valence-electron chi connectivity index (χ4n) is 5.30. The van der Waals surface area contributed by atoms with Gasteiger partial charge in [0.25, 0.3) is 5.69 Å². The number of nitro groups is 1. The van der Waals surface area contributed by atoms with E-state index in [1.54, 1.807) is 6.07 Å². The third-order valence-corrected chi connectivity index (χ3v) is 10.4. The number of aryl methyl sites for hydroxylation is 2. The van der Waals surface area contributed by atoms with Gasteiger partial charge in [-0.25, -0.2) is 0 Å². The van der Waals surface area contributed by atoms with E-state index in [2.05, 4.69) is 28.8 Å². The lowest BCUT2D eigenvalue weighted by molar-refractivity contribution is -0.384. The highest BCUT2D eigenvalue weighted by Crippen LogP contribution is 2.64. The van der Waals surface area contributed by atoms with Crippen molar-refractivity contribution < 1.29 is 9.72 Å². The highest BCUT2D eigenvalue weighted by Gasteiger charge is 2.55. The van der Waals surface area contributed by atoms with Crippen molar-refractivity contribution in [1.29, 1.82) is 0 Å². The van der Waals surface area contributed by atoms with Gasteiger partial charge in [0, 0.05) is 23.5 Å². The zero-order valence-corrected chi connectivity index (χ0v) is 17.5. The SMILES string of the molecule is Cc1cc(C)c(NC(=O)C2CC3CCCC(C2)C32SCCS2)c([N+](=O)[O-])c1. The standard InChI is InChI=1S/C20H26N2O3S2/c1-12-8-13(2)18(17(9-12)22(24)25)21-19(23)14-10-15-4-3-5-16(11-14)20(15)26-6-7-27-20/h8-9,14-16H,3-7,10-11H2,1-2H3,(H,21,23). The summed E-state index contributed by atoms with van der Waals surface area (Å²) in [5, 5.41) is 14.4. The minimum atomic E-state index is -0.397. The Bertz CT molecular complexity index is 761. The first-order valence-corrected chi connectivity index (χ1v) is 11.7. The fraction of sp³-hybridized carbons (Fsp3) is 0.650. The van der Waals surface area contributed by atoms with Gasteiger partial charge in [-0.2, -0.15) is 0 Å². The first-order valence-electron chi connectivity index (χ1n) is 9.75. The van der Waals surface area contributed by atoms with Gasteiger partial charge < -0.3 is 5.32 Å². The quantitative estimate of drug-likeness (QED) is 0.555. The number of carbonyl (C=O) groups excluding carboxylic acids is 1. The highest BCUT2D eigenvalue weighted by atomic mass is 32.2. The summed E-state index contributed by atoms with van der Waals surface area (Å²) >= 11 is 4.26. The Morgan fingerprint density at radius 3 is 2.41 bits per heavy atom. The first-order chi connectivity index (χ1) is 12.9. The number of benzene rings is 1. The molecule has 2 unspecified atom stereocenters. The largest absolute Gasteiger partial charge is 0.320 e. The van der Waals surface area contributed by atoms with Crippen LogP contribution in [0, 0.1) is 41.7 Å². The molecule has 1 amide bonds. The Labute approximate surface area is 168 Å². The van der Waals surface area contributed by atoms with E-state index in [-0.39, 0.29) is 17.5 Å². The van der Waals surface area contributed by atoms with Crippen LogP contribution in [0.4, 0.5) is 11.4 Å². The number of nitro benzene ring substituents is 1. The monoisotopic (exact) mass is 406 g/mol. The van der Waals surface area contributed by atoms with E-state index in [1.165, 1.54) is 30.8 Å². The summed E-state index contributed by atoms with van der Waals surface area (Å²) in [4.78, 5) is 24.1. The molecule has 1 aliphatic heterocycles. The average molecular weight is 407 g/mol. The molecule has 1 N–H and O–H groups in total. The van der Waals surface area contributed by atoms with Crippen LogP contribution in [-0.2, 0) is 4.79 Å². The van der Waals surface area contributed by atoms with Crippen LogP contribution >= 0.6 is 23.5 Å². The van der Waals surface area contributed by atoms with Crippen LogP contribution in [0.5, 0.6) is 0 Å². The number of carbonyl (C=O) groups is 1. The van der Waals surface area contributed by atoms with Gasteiger partial charge in [0.1, 0.15) is 5.69 Å². The molecular weight excluding hydrogens is 380 g/mol. The van der Waals surface area contributed by atoms with Gasteiger partial charge in [-0.1, -0.05) is 12.5 Å². The third-order valence-electron chi connectivity index (χ3n) is 6.39. The summed E-state index contributed by atoms with van der Waals surface area (Å²) in [6.07, 6.45) is 5.53. The number of thioether (sulfide) groups is 2. The van der Waals surface area contributed by atoms with Gasteiger partial charge in [-0.05, 0) is 62.5 Å². The summed E-state index contributed by atoms with van der Waals surface area (Å²) in [5.74, 6) is 3.56. The number of hydrogen-bond acceptors (Lipinski definition) is 5. The van der Waals surface area contributed by atoms with Crippen LogP contribution in [0.25, 0.3) is 0 Å². The zero-order chi connectivity index (χ0) is 19.2. The van der Waals surface area contributed by atoms with Gasteiger partial charge >= 0.3 is 0 Å². The normalized spacial score (nSPS) is 28.9. The Morgan fingerprint density at radius 1 is 1.19 bits per heavy atom. The summed E-state index contributed by atoms with van der Waals surface area (Å²) in [6, 6.07) is 3.43. The van der Waals surface area contributed by atoms with E-state index >= 15 is 0 Å². The lowest BCUT2D eigenvalue weighted by Gasteiger charge is -2.52. The van der Waals surface area contributed by atoms with Crippen LogP contribution in [0.1, 0.15) is 43.2 Å². The molecule has 27 heavy (non-hydrogen) atoms. The van der Waals surface area contributed by atoms with E-state index in [0.717, 1.165) is 24.0 Å². The average Bonchev–Trinajstić information content (AvgIpc) is 3.06. The van der Waals surface area contributed by atoms with Crippen molar-refractivity contribution in [3.63, 3.8) is 0 Å². The van der Waals surface area contributed by atoms with E-state index in [0.29, 0.717) is 21.6 Å². The number of nitrogens with one attached hydrogen (secondary N) is 1. The molecule has 2 atom stereocenters. The van der Waals surface area contributed by atoms with E-state index in [4.69, 9.17) is 0 Å². The fourth-order valence-corrected chi connectivity index (χ4v) is 9.24. The molecule has 3 aliphatic rings. The molecule has 1 saturated heterocycles. The lowest BCUT2D eigenvalue weighted by Crippen LogP contribution is -2.48. The van der Waals surface area contributed by atoms with E-state index < -0.39 is 4.92 Å². The molecule has 0 aromatic heterocycles. The second-order valence-corrected chi connectivity index (χ2v) is 11.1. The molecule has 5 nitrogen and oxygen atoms in total. The van der Waals surface area contributed by atoms with Crippen molar-refractivity contribution in [1.82, 2.24) is 0 Å². The Kier molecular flexibility index (Phi) is 5.18. The first kappa shape index (κ1) is 19.1. The van der Waals surface area contributed by atoms with Crippen molar-refractivity contribution in [2.75, 3.05) is 16.8 Å². The van der Waals surface area contributed by atoms with Crippen molar-refractivity contribution in [3.8, 4) is 0 Å². The van der Waals surface area contributed by atoms with Crippen LogP contribution < -0.4 is 5.32 Å². The topological polar surface area (TPSA) is 72.2 Å². The molecule has 4 rings (SSSR count). The van der Waals surface area contributed by atoms with Crippen LogP contribution in [-0.4, -0.2) is 26.4 Å². The summed E-state index contributed by atoms with van der Waals surface area (Å²) in [6.45, 7) is 3.66. The molecule has 1 aromatic carbocycles. The maximum atomic E-state index is 13.1. The van der Waals surface area contributed by atoms with Gasteiger partial charge in [-0.3, -0.25) is 14.9 Å². The number of rotatable bonds is 3. The summed E-state index contributed by atoms with van der Waals surface area (Å²) < 4.78 is 0.334. The number of anilines is 1. The number of nitrogens with zero attached hydrogens (tertiary/aromatic N) is 1. The van der Waals surface area contributed by atoms with Crippen molar-refractivity contribution >= 4 is 40.8 Å². The lowest BCUT2D eigenvalue weighted by atomic mass is 9.67. The van der Waals surface area contributed by atoms with Gasteiger partial charge in [0.2, 0.25) is 5.91 Å². The molecule has 2 saturated carbocycles. The minimum absolute atomic E-state index is 0.00442. The number of amides is 1. The maximum Gasteiger partial charge on any atom is 0.293 e. The third kappa shape index (κ3) is 3.37. The summed E-state index contributed by atoms with van der Waals surface area (Å²) in [7, 11) is 0. The number of hydrogen-bond donors (Lipinski definition) is 1. The summed E-state index contributed by atoms with van der Waals surface area (Å²) in [5.41, 5.74) is 1.95. The second-order valence-electron chi connectivity index (χ2n) is 8.13. The highest BCUT2D eigenvalue weighted by molar-refractivity contribution is 8.21. The Hall–Kier alpha value is -1.21. The molecule has 2 aliphatic carbocycles. The van der Waals surface area contributed by atoms with Gasteiger partial charge in [0.15, 0.2) is 0 Å². The van der Waals surface area contributed by atoms with Crippen molar-refractivity contribution in [2.45, 2.75) is 50.0 Å². The molecule has 146 valence electrons. The molecule has 7 heteroatoms. The second kappa shape index (κ2) is 7.32. The van der Waals surface area contributed by atoms with Gasteiger partial charge in [-0.15, -0.1) is 23.5 Å². The minimum Gasteiger partial charge on any atom is -0.320 e. The van der Waals surface area contributed by atoms with E-state index in [9.17, 15) is 14.9 Å². The predicted molar refractivity (Wildman–Crippen MR) is 112 cm³/mol. The van der Waals surface area contributed by atoms with Crippen LogP contribution in [0.15, 0.2) is 12.1 Å². The maximum absolute atomic E-state index is 13.1. The Morgan fingerprint density at radius 2 is 1.81 bits per heavy atom. The zero-order valence-electron chi connectivity index (χ0n) is 15.8. The molecule has 1 heterocycles. The molecule has 1 spiro atoms. The molecule has 1 aromatic rings. The van der Waals surface area contributed by atoms with Gasteiger partial charge in [0.05, 0.1) is 9.00 Å². The van der Waals surface area contributed by atoms with E-state index in [1.807, 2.05) is 19.9 Å². The molecular formula is C20H26N2O3S2.